The summed E-state index contributed by atoms with van der Waals surface area (Å²) in [5, 5.41) is 0. The van der Waals surface area contributed by atoms with Gasteiger partial charge in [0, 0.05) is 5.56 Å². The van der Waals surface area contributed by atoms with Crippen molar-refractivity contribution in [3.8, 4) is 17.2 Å². The second kappa shape index (κ2) is 13.7. The number of ether oxygens (including phenoxy) is 4. The highest BCUT2D eigenvalue weighted by Crippen LogP contribution is 2.29. The molecule has 0 unspecified atom stereocenters. The van der Waals surface area contributed by atoms with E-state index in [1.807, 2.05) is 60.7 Å². The molecule has 0 aliphatic rings. The maximum Gasteiger partial charge on any atom is 0.344 e. The summed E-state index contributed by atoms with van der Waals surface area (Å²) in [5.41, 5.74) is 3.18. The van der Waals surface area contributed by atoms with Gasteiger partial charge in [-0.2, -0.15) is 0 Å². The monoisotopic (exact) mass is 460 g/mol. The van der Waals surface area contributed by atoms with E-state index in [2.05, 4.69) is 24.3 Å². The minimum absolute atomic E-state index is 0.121. The second-order valence-corrected chi connectivity index (χ2v) is 7.67. The van der Waals surface area contributed by atoms with E-state index in [0.717, 1.165) is 36.1 Å². The smallest absolute Gasteiger partial charge is 0.344 e. The lowest BCUT2D eigenvalue weighted by atomic mass is 10.1. The van der Waals surface area contributed by atoms with Gasteiger partial charge in [-0.15, -0.1) is 0 Å². The molecule has 0 N–H and O–H groups in total. The molecular formula is C29H32O5. The molecule has 0 aliphatic carbocycles. The molecule has 3 aromatic rings. The van der Waals surface area contributed by atoms with Crippen molar-refractivity contribution in [1.29, 1.82) is 0 Å². The third-order valence-electron chi connectivity index (χ3n) is 5.17. The number of para-hydroxylation sites is 1. The fourth-order valence-electron chi connectivity index (χ4n) is 3.44. The van der Waals surface area contributed by atoms with E-state index in [-0.39, 0.29) is 12.6 Å². The van der Waals surface area contributed by atoms with Crippen LogP contribution in [-0.4, -0.2) is 32.9 Å². The van der Waals surface area contributed by atoms with Crippen LogP contribution in [0.2, 0.25) is 0 Å². The lowest BCUT2D eigenvalue weighted by Gasteiger charge is -2.11. The van der Waals surface area contributed by atoms with Crippen LogP contribution in [0.3, 0.4) is 0 Å². The van der Waals surface area contributed by atoms with Crippen molar-refractivity contribution < 1.29 is 23.7 Å². The van der Waals surface area contributed by atoms with Crippen LogP contribution in [0.25, 0.3) is 12.2 Å². The van der Waals surface area contributed by atoms with Gasteiger partial charge in [0.2, 0.25) is 0 Å². The van der Waals surface area contributed by atoms with E-state index >= 15 is 0 Å². The molecule has 0 heterocycles. The summed E-state index contributed by atoms with van der Waals surface area (Å²) in [4.78, 5) is 11.6. The van der Waals surface area contributed by atoms with Gasteiger partial charge in [-0.3, -0.25) is 0 Å². The van der Waals surface area contributed by atoms with Gasteiger partial charge in [0.1, 0.15) is 5.75 Å². The average Bonchev–Trinajstić information content (AvgIpc) is 2.87. The zero-order valence-electron chi connectivity index (χ0n) is 19.9. The molecule has 0 saturated carbocycles. The summed E-state index contributed by atoms with van der Waals surface area (Å²) < 4.78 is 22.1. The van der Waals surface area contributed by atoms with Crippen LogP contribution < -0.4 is 14.2 Å². The summed E-state index contributed by atoms with van der Waals surface area (Å²) in [6, 6.07) is 23.9. The predicted octanol–water partition coefficient (Wildman–Crippen LogP) is 6.21. The van der Waals surface area contributed by atoms with Crippen molar-refractivity contribution in [2.45, 2.75) is 26.2 Å². The molecule has 3 aromatic carbocycles. The maximum atomic E-state index is 11.6. The number of benzene rings is 3. The van der Waals surface area contributed by atoms with E-state index in [1.54, 1.807) is 14.0 Å². The first-order valence-electron chi connectivity index (χ1n) is 11.6. The molecule has 0 radical (unpaired) electrons. The molecule has 5 nitrogen and oxygen atoms in total. The maximum absolute atomic E-state index is 11.6. The normalized spacial score (nSPS) is 10.8. The summed E-state index contributed by atoms with van der Waals surface area (Å²) in [5.74, 6) is 1.66. The van der Waals surface area contributed by atoms with Gasteiger partial charge in [-0.1, -0.05) is 66.7 Å². The minimum Gasteiger partial charge on any atom is -0.493 e. The number of esters is 1. The van der Waals surface area contributed by atoms with Crippen LogP contribution >= 0.6 is 0 Å². The summed E-state index contributed by atoms with van der Waals surface area (Å²) >= 11 is 0. The molecule has 3 rings (SSSR count). The second-order valence-electron chi connectivity index (χ2n) is 7.67. The van der Waals surface area contributed by atoms with Crippen molar-refractivity contribution in [3.63, 3.8) is 0 Å². The Morgan fingerprint density at radius 3 is 2.41 bits per heavy atom. The third-order valence-corrected chi connectivity index (χ3v) is 5.17. The number of carbonyl (C=O) groups is 1. The van der Waals surface area contributed by atoms with Crippen LogP contribution in [0.1, 0.15) is 36.5 Å². The van der Waals surface area contributed by atoms with Gasteiger partial charge < -0.3 is 18.9 Å². The number of carbonyl (C=O) groups excluding carboxylic acids is 1. The van der Waals surface area contributed by atoms with E-state index in [1.165, 1.54) is 5.56 Å². The minimum atomic E-state index is -0.387. The van der Waals surface area contributed by atoms with Crippen LogP contribution in [0.4, 0.5) is 0 Å². The van der Waals surface area contributed by atoms with Crippen LogP contribution in [0, 0.1) is 0 Å². The molecule has 5 heteroatoms. The van der Waals surface area contributed by atoms with Crippen molar-refractivity contribution in [2.75, 3.05) is 26.9 Å². The highest BCUT2D eigenvalue weighted by atomic mass is 16.6. The fraction of sp³-hybridized carbons (Fsp3) is 0.276. The SMILES string of the molecule is CCOC(=O)COc1ccccc1/C=C/c1ccc(OCCCCc2ccccc2)c(OC)c1. The molecule has 0 atom stereocenters. The number of aryl methyl sites for hydroxylation is 1. The third kappa shape index (κ3) is 8.00. The Labute approximate surface area is 201 Å². The lowest BCUT2D eigenvalue weighted by molar-refractivity contribution is -0.145. The highest BCUT2D eigenvalue weighted by Gasteiger charge is 2.07. The lowest BCUT2D eigenvalue weighted by Crippen LogP contribution is -2.14. The molecule has 0 fully saturated rings. The first-order valence-corrected chi connectivity index (χ1v) is 11.6. The summed E-state index contributed by atoms with van der Waals surface area (Å²) in [7, 11) is 1.64. The summed E-state index contributed by atoms with van der Waals surface area (Å²) in [6.45, 7) is 2.62. The topological polar surface area (TPSA) is 54.0 Å². The zero-order valence-corrected chi connectivity index (χ0v) is 19.9. The van der Waals surface area contributed by atoms with Crippen LogP contribution in [-0.2, 0) is 16.0 Å². The molecular weight excluding hydrogens is 428 g/mol. The Morgan fingerprint density at radius 1 is 0.824 bits per heavy atom. The number of unbranched alkanes of at least 4 members (excludes halogenated alkanes) is 1. The van der Waals surface area contributed by atoms with Gasteiger partial charge in [-0.05, 0) is 55.5 Å². The number of methoxy groups -OCH3 is 1. The Kier molecular flexibility index (Phi) is 10.1. The van der Waals surface area contributed by atoms with E-state index in [9.17, 15) is 4.79 Å². The largest absolute Gasteiger partial charge is 0.493 e. The molecule has 0 saturated heterocycles. The van der Waals surface area contributed by atoms with Gasteiger partial charge in [-0.25, -0.2) is 4.79 Å². The quantitative estimate of drug-likeness (QED) is 0.172. The highest BCUT2D eigenvalue weighted by molar-refractivity contribution is 5.74. The van der Waals surface area contributed by atoms with Gasteiger partial charge in [0.15, 0.2) is 18.1 Å². The number of hydrogen-bond acceptors (Lipinski definition) is 5. The molecule has 34 heavy (non-hydrogen) atoms. The predicted molar refractivity (Wildman–Crippen MR) is 135 cm³/mol. The zero-order chi connectivity index (χ0) is 24.0. The van der Waals surface area contributed by atoms with Gasteiger partial charge in [0.25, 0.3) is 0 Å². The van der Waals surface area contributed by atoms with Gasteiger partial charge in [0.05, 0.1) is 20.3 Å². The summed E-state index contributed by atoms with van der Waals surface area (Å²) in [6.07, 6.45) is 7.02. The van der Waals surface area contributed by atoms with Crippen molar-refractivity contribution >= 4 is 18.1 Å². The first-order chi connectivity index (χ1) is 16.7. The van der Waals surface area contributed by atoms with Gasteiger partial charge >= 0.3 is 5.97 Å². The Balaban J connectivity index is 1.55. The first kappa shape index (κ1) is 24.9. The van der Waals surface area contributed by atoms with E-state index in [4.69, 9.17) is 18.9 Å². The Hall–Kier alpha value is -3.73. The van der Waals surface area contributed by atoms with Crippen molar-refractivity contribution in [2.24, 2.45) is 0 Å². The number of hydrogen-bond donors (Lipinski definition) is 0. The van der Waals surface area contributed by atoms with Crippen molar-refractivity contribution in [1.82, 2.24) is 0 Å². The molecule has 0 bridgehead atoms. The standard InChI is InChI=1S/C29H32O5/c1-3-32-29(30)22-34-26-15-8-7-14-25(26)18-16-24-17-19-27(28(21-24)31-2)33-20-10-9-13-23-11-5-4-6-12-23/h4-8,11-12,14-19,21H,3,9-10,13,20,22H2,1-2H3/b18-16+. The molecule has 0 aliphatic heterocycles. The van der Waals surface area contributed by atoms with Crippen LogP contribution in [0.5, 0.6) is 17.2 Å². The molecule has 178 valence electrons. The molecule has 0 spiro atoms. The number of rotatable bonds is 13. The van der Waals surface area contributed by atoms with E-state index < -0.39 is 0 Å². The average molecular weight is 461 g/mol. The molecule has 0 amide bonds. The fourth-order valence-corrected chi connectivity index (χ4v) is 3.44. The van der Waals surface area contributed by atoms with Crippen LogP contribution in [0.15, 0.2) is 72.8 Å². The van der Waals surface area contributed by atoms with E-state index in [0.29, 0.717) is 24.7 Å². The van der Waals surface area contributed by atoms with Crippen molar-refractivity contribution in [3.05, 3.63) is 89.5 Å². The Bertz CT molecular complexity index is 1060. The Morgan fingerprint density at radius 2 is 1.62 bits per heavy atom. The molecule has 0 aromatic heterocycles.